The molecule has 0 amide bonds. The summed E-state index contributed by atoms with van der Waals surface area (Å²) in [5.74, 6) is -1.98. The van der Waals surface area contributed by atoms with Gasteiger partial charge in [-0.2, -0.15) is 0 Å². The SMILES string of the molecule is CCCOCc1ccc(F)c(C(=O)O)c1. The van der Waals surface area contributed by atoms with E-state index in [2.05, 4.69) is 0 Å². The van der Waals surface area contributed by atoms with Crippen LogP contribution in [0.2, 0.25) is 0 Å². The molecular formula is C11H13FO3. The molecule has 0 aliphatic carbocycles. The van der Waals surface area contributed by atoms with Crippen LogP contribution in [0.25, 0.3) is 0 Å². The maximum absolute atomic E-state index is 13.0. The van der Waals surface area contributed by atoms with E-state index in [1.54, 1.807) is 0 Å². The molecule has 0 radical (unpaired) electrons. The van der Waals surface area contributed by atoms with Crippen LogP contribution in [0.3, 0.4) is 0 Å². The zero-order valence-corrected chi connectivity index (χ0v) is 8.50. The second-order valence-corrected chi connectivity index (χ2v) is 3.17. The molecule has 3 nitrogen and oxygen atoms in total. The van der Waals surface area contributed by atoms with Gasteiger partial charge in [-0.1, -0.05) is 13.0 Å². The van der Waals surface area contributed by atoms with Crippen molar-refractivity contribution in [1.82, 2.24) is 0 Å². The average Bonchev–Trinajstić information content (AvgIpc) is 2.20. The Kier molecular flexibility index (Phi) is 4.24. The Morgan fingerprint density at radius 3 is 2.87 bits per heavy atom. The zero-order valence-electron chi connectivity index (χ0n) is 8.50. The Hall–Kier alpha value is -1.42. The second kappa shape index (κ2) is 5.46. The van der Waals surface area contributed by atoms with Crippen molar-refractivity contribution in [1.29, 1.82) is 0 Å². The van der Waals surface area contributed by atoms with Crippen molar-refractivity contribution >= 4 is 5.97 Å². The van der Waals surface area contributed by atoms with Gasteiger partial charge in [-0.05, 0) is 24.1 Å². The fourth-order valence-corrected chi connectivity index (χ4v) is 1.16. The third-order valence-corrected chi connectivity index (χ3v) is 1.88. The van der Waals surface area contributed by atoms with Crippen LogP contribution in [0.4, 0.5) is 4.39 Å². The lowest BCUT2D eigenvalue weighted by Crippen LogP contribution is -2.02. The first-order chi connectivity index (χ1) is 7.15. The number of aromatic carboxylic acids is 1. The predicted octanol–water partition coefficient (Wildman–Crippen LogP) is 2.45. The number of hydrogen-bond donors (Lipinski definition) is 1. The van der Waals surface area contributed by atoms with Crippen LogP contribution in [0.5, 0.6) is 0 Å². The number of ether oxygens (including phenoxy) is 1. The van der Waals surface area contributed by atoms with Crippen LogP contribution in [0.1, 0.15) is 29.3 Å². The van der Waals surface area contributed by atoms with Gasteiger partial charge in [0, 0.05) is 6.61 Å². The Labute approximate surface area is 87.5 Å². The van der Waals surface area contributed by atoms with Gasteiger partial charge in [-0.15, -0.1) is 0 Å². The Balaban J connectivity index is 2.74. The highest BCUT2D eigenvalue weighted by Gasteiger charge is 2.10. The van der Waals surface area contributed by atoms with E-state index in [1.165, 1.54) is 12.1 Å². The molecule has 0 saturated carbocycles. The largest absolute Gasteiger partial charge is 0.478 e. The van der Waals surface area contributed by atoms with E-state index in [1.807, 2.05) is 6.92 Å². The molecule has 4 heteroatoms. The molecule has 1 aromatic rings. The molecule has 0 heterocycles. The normalized spacial score (nSPS) is 10.3. The fraction of sp³-hybridized carbons (Fsp3) is 0.364. The monoisotopic (exact) mass is 212 g/mol. The summed E-state index contributed by atoms with van der Waals surface area (Å²) in [6, 6.07) is 3.97. The number of benzene rings is 1. The van der Waals surface area contributed by atoms with Crippen molar-refractivity contribution in [2.24, 2.45) is 0 Å². The summed E-state index contributed by atoms with van der Waals surface area (Å²) in [5, 5.41) is 8.68. The lowest BCUT2D eigenvalue weighted by molar-refractivity contribution is 0.0691. The van der Waals surface area contributed by atoms with E-state index in [-0.39, 0.29) is 5.56 Å². The molecule has 0 aromatic heterocycles. The smallest absolute Gasteiger partial charge is 0.338 e. The standard InChI is InChI=1S/C11H13FO3/c1-2-5-15-7-8-3-4-10(12)9(6-8)11(13)14/h3-4,6H,2,5,7H2,1H3,(H,13,14). The van der Waals surface area contributed by atoms with Crippen molar-refractivity contribution in [3.05, 3.63) is 35.1 Å². The van der Waals surface area contributed by atoms with E-state index in [0.717, 1.165) is 12.5 Å². The maximum Gasteiger partial charge on any atom is 0.338 e. The van der Waals surface area contributed by atoms with Gasteiger partial charge < -0.3 is 9.84 Å². The molecule has 0 atom stereocenters. The van der Waals surface area contributed by atoms with Crippen LogP contribution in [0, 0.1) is 5.82 Å². The van der Waals surface area contributed by atoms with Crippen molar-refractivity contribution in [3.63, 3.8) is 0 Å². The number of rotatable bonds is 5. The number of hydrogen-bond acceptors (Lipinski definition) is 2. The minimum absolute atomic E-state index is 0.312. The molecule has 1 N–H and O–H groups in total. The van der Waals surface area contributed by atoms with Crippen molar-refractivity contribution < 1.29 is 19.0 Å². The van der Waals surface area contributed by atoms with Crippen molar-refractivity contribution in [3.8, 4) is 0 Å². The molecule has 15 heavy (non-hydrogen) atoms. The highest BCUT2D eigenvalue weighted by molar-refractivity contribution is 5.88. The average molecular weight is 212 g/mol. The first-order valence-corrected chi connectivity index (χ1v) is 4.74. The second-order valence-electron chi connectivity index (χ2n) is 3.17. The van der Waals surface area contributed by atoms with E-state index in [0.29, 0.717) is 18.8 Å². The lowest BCUT2D eigenvalue weighted by atomic mass is 10.1. The van der Waals surface area contributed by atoms with Crippen LogP contribution in [-0.2, 0) is 11.3 Å². The third kappa shape index (κ3) is 3.32. The van der Waals surface area contributed by atoms with Crippen LogP contribution < -0.4 is 0 Å². The van der Waals surface area contributed by atoms with E-state index in [4.69, 9.17) is 9.84 Å². The van der Waals surface area contributed by atoms with Gasteiger partial charge in [0.25, 0.3) is 0 Å². The zero-order chi connectivity index (χ0) is 11.3. The summed E-state index contributed by atoms with van der Waals surface area (Å²) in [4.78, 5) is 10.6. The molecule has 0 aliphatic heterocycles. The van der Waals surface area contributed by atoms with Crippen molar-refractivity contribution in [2.75, 3.05) is 6.61 Å². The van der Waals surface area contributed by atoms with Gasteiger partial charge in [-0.25, -0.2) is 9.18 Å². The predicted molar refractivity (Wildman–Crippen MR) is 53.3 cm³/mol. The van der Waals surface area contributed by atoms with Gasteiger partial charge in [-0.3, -0.25) is 0 Å². The third-order valence-electron chi connectivity index (χ3n) is 1.88. The molecule has 0 unspecified atom stereocenters. The number of carbonyl (C=O) groups is 1. The minimum atomic E-state index is -1.26. The molecule has 0 fully saturated rings. The van der Waals surface area contributed by atoms with Crippen LogP contribution >= 0.6 is 0 Å². The maximum atomic E-state index is 13.0. The Bertz CT molecular complexity index is 350. The summed E-state index contributed by atoms with van der Waals surface area (Å²) in [5.41, 5.74) is 0.356. The number of carboxylic acids is 1. The summed E-state index contributed by atoms with van der Waals surface area (Å²) in [6.07, 6.45) is 0.896. The topological polar surface area (TPSA) is 46.5 Å². The van der Waals surface area contributed by atoms with Crippen LogP contribution in [0.15, 0.2) is 18.2 Å². The summed E-state index contributed by atoms with van der Waals surface area (Å²) < 4.78 is 18.2. The molecule has 0 aliphatic rings. The molecule has 0 spiro atoms. The van der Waals surface area contributed by atoms with Crippen LogP contribution in [-0.4, -0.2) is 17.7 Å². The molecular weight excluding hydrogens is 199 g/mol. The van der Waals surface area contributed by atoms with Gasteiger partial charge in [0.15, 0.2) is 0 Å². The molecule has 82 valence electrons. The highest BCUT2D eigenvalue weighted by Crippen LogP contribution is 2.11. The summed E-state index contributed by atoms with van der Waals surface area (Å²) >= 11 is 0. The molecule has 0 bridgehead atoms. The molecule has 0 saturated heterocycles. The minimum Gasteiger partial charge on any atom is -0.478 e. The summed E-state index contributed by atoms with van der Waals surface area (Å²) in [7, 11) is 0. The van der Waals surface area contributed by atoms with Gasteiger partial charge in [0.05, 0.1) is 12.2 Å². The first-order valence-electron chi connectivity index (χ1n) is 4.74. The summed E-state index contributed by atoms with van der Waals surface area (Å²) in [6.45, 7) is 2.90. The first kappa shape index (κ1) is 11.7. The number of carboxylic acid groups (broad SMARTS) is 1. The number of halogens is 1. The Morgan fingerprint density at radius 2 is 2.27 bits per heavy atom. The van der Waals surface area contributed by atoms with Gasteiger partial charge in [0.1, 0.15) is 5.82 Å². The molecule has 1 aromatic carbocycles. The van der Waals surface area contributed by atoms with E-state index in [9.17, 15) is 9.18 Å². The lowest BCUT2D eigenvalue weighted by Gasteiger charge is -2.04. The molecule has 1 rings (SSSR count). The van der Waals surface area contributed by atoms with E-state index < -0.39 is 11.8 Å². The fourth-order valence-electron chi connectivity index (χ4n) is 1.16. The van der Waals surface area contributed by atoms with Gasteiger partial charge >= 0.3 is 5.97 Å². The van der Waals surface area contributed by atoms with Gasteiger partial charge in [0.2, 0.25) is 0 Å². The Morgan fingerprint density at radius 1 is 1.53 bits per heavy atom. The quantitative estimate of drug-likeness (QED) is 0.762. The van der Waals surface area contributed by atoms with E-state index >= 15 is 0 Å². The highest BCUT2D eigenvalue weighted by atomic mass is 19.1. The van der Waals surface area contributed by atoms with Crippen molar-refractivity contribution in [2.45, 2.75) is 20.0 Å².